The van der Waals surface area contributed by atoms with Crippen molar-refractivity contribution >= 4 is 21.6 Å². The van der Waals surface area contributed by atoms with Gasteiger partial charge in [0, 0.05) is 17.8 Å². The highest BCUT2D eigenvalue weighted by Gasteiger charge is 2.31. The lowest BCUT2D eigenvalue weighted by Crippen LogP contribution is -2.14. The maximum absolute atomic E-state index is 12.6. The zero-order valence-electron chi connectivity index (χ0n) is 10.5. The molecule has 1 aromatic heterocycles. The van der Waals surface area contributed by atoms with Crippen LogP contribution in [-0.2, 0) is 10.0 Å². The number of aromatic nitrogens is 1. The van der Waals surface area contributed by atoms with Gasteiger partial charge in [0.25, 0.3) is 10.0 Å². The quantitative estimate of drug-likeness (QED) is 0.868. The van der Waals surface area contributed by atoms with Crippen LogP contribution < -0.4 is 0 Å². The Morgan fingerprint density at radius 1 is 1.21 bits per heavy atom. The van der Waals surface area contributed by atoms with Gasteiger partial charge in [0.15, 0.2) is 0 Å². The van der Waals surface area contributed by atoms with Crippen molar-refractivity contribution in [1.82, 2.24) is 3.97 Å². The summed E-state index contributed by atoms with van der Waals surface area (Å²) in [5, 5.41) is 0.470. The van der Waals surface area contributed by atoms with Gasteiger partial charge in [-0.05, 0) is 38.0 Å². The summed E-state index contributed by atoms with van der Waals surface area (Å²) in [6, 6.07) is 8.62. The summed E-state index contributed by atoms with van der Waals surface area (Å²) in [7, 11) is -3.54. The average Bonchev–Trinajstić information content (AvgIpc) is 3.13. The van der Waals surface area contributed by atoms with Gasteiger partial charge >= 0.3 is 0 Å². The lowest BCUT2D eigenvalue weighted by molar-refractivity contribution is 0.585. The Balaban J connectivity index is 2.12. The average molecular weight is 296 g/mol. The maximum atomic E-state index is 12.6. The maximum Gasteiger partial charge on any atom is 0.267 e. The lowest BCUT2D eigenvalue weighted by Gasteiger charge is -2.10. The molecule has 1 aromatic carbocycles. The van der Waals surface area contributed by atoms with Gasteiger partial charge in [0.2, 0.25) is 0 Å². The molecule has 0 saturated heterocycles. The number of halogens is 1. The number of aryl methyl sites for hydroxylation is 1. The predicted molar refractivity (Wildman–Crippen MR) is 75.2 cm³/mol. The minimum atomic E-state index is -3.54. The second-order valence-electron chi connectivity index (χ2n) is 4.97. The van der Waals surface area contributed by atoms with Crippen LogP contribution in [0.4, 0.5) is 0 Å². The molecule has 0 bridgehead atoms. The molecule has 0 radical (unpaired) electrons. The Morgan fingerprint density at radius 3 is 2.42 bits per heavy atom. The molecule has 19 heavy (non-hydrogen) atoms. The van der Waals surface area contributed by atoms with Crippen molar-refractivity contribution in [3.8, 4) is 0 Å². The molecule has 1 fully saturated rings. The van der Waals surface area contributed by atoms with E-state index in [9.17, 15) is 8.42 Å². The van der Waals surface area contributed by atoms with Gasteiger partial charge in [-0.15, -0.1) is 0 Å². The zero-order chi connectivity index (χ0) is 13.6. The molecule has 1 saturated carbocycles. The number of hydrogen-bond acceptors (Lipinski definition) is 2. The van der Waals surface area contributed by atoms with Crippen molar-refractivity contribution < 1.29 is 8.42 Å². The van der Waals surface area contributed by atoms with E-state index in [4.69, 9.17) is 11.6 Å². The van der Waals surface area contributed by atoms with E-state index in [-0.39, 0.29) is 0 Å². The topological polar surface area (TPSA) is 39.1 Å². The van der Waals surface area contributed by atoms with Gasteiger partial charge in [0.05, 0.1) is 9.92 Å². The Morgan fingerprint density at radius 2 is 1.84 bits per heavy atom. The van der Waals surface area contributed by atoms with E-state index in [1.165, 1.54) is 10.2 Å². The third kappa shape index (κ3) is 2.30. The van der Waals surface area contributed by atoms with Gasteiger partial charge in [-0.1, -0.05) is 29.3 Å². The van der Waals surface area contributed by atoms with E-state index < -0.39 is 10.0 Å². The second-order valence-corrected chi connectivity index (χ2v) is 7.22. The molecule has 0 spiro atoms. The van der Waals surface area contributed by atoms with Gasteiger partial charge in [-0.25, -0.2) is 12.4 Å². The summed E-state index contributed by atoms with van der Waals surface area (Å²) in [6.45, 7) is 1.93. The van der Waals surface area contributed by atoms with Crippen LogP contribution in [0.15, 0.2) is 41.4 Å². The van der Waals surface area contributed by atoms with Crippen LogP contribution in [0.5, 0.6) is 0 Å². The minimum Gasteiger partial charge on any atom is -0.244 e. The molecule has 100 valence electrons. The first-order valence-electron chi connectivity index (χ1n) is 6.18. The molecule has 1 aliphatic carbocycles. The number of benzene rings is 1. The van der Waals surface area contributed by atoms with Crippen LogP contribution in [0.1, 0.15) is 30.0 Å². The molecule has 0 amide bonds. The van der Waals surface area contributed by atoms with Crippen molar-refractivity contribution in [1.29, 1.82) is 0 Å². The third-order valence-corrected chi connectivity index (χ3v) is 5.26. The van der Waals surface area contributed by atoms with E-state index in [1.54, 1.807) is 30.3 Å². The molecule has 3 rings (SSSR count). The summed E-state index contributed by atoms with van der Waals surface area (Å²) >= 11 is 5.97. The number of hydrogen-bond donors (Lipinski definition) is 0. The molecule has 3 nitrogen and oxygen atoms in total. The largest absolute Gasteiger partial charge is 0.267 e. The monoisotopic (exact) mass is 295 g/mol. The third-order valence-electron chi connectivity index (χ3n) is 3.35. The lowest BCUT2D eigenvalue weighted by atomic mass is 10.2. The molecule has 1 aliphatic rings. The zero-order valence-corrected chi connectivity index (χ0v) is 12.1. The van der Waals surface area contributed by atoms with Crippen molar-refractivity contribution in [3.05, 3.63) is 52.8 Å². The summed E-state index contributed by atoms with van der Waals surface area (Å²) in [6.07, 6.45) is 3.55. The van der Waals surface area contributed by atoms with Crippen LogP contribution in [0.25, 0.3) is 0 Å². The minimum absolute atomic E-state index is 0.298. The van der Waals surface area contributed by atoms with Crippen LogP contribution in [0.2, 0.25) is 5.02 Å². The number of nitrogens with zero attached hydrogens (tertiary/aromatic N) is 1. The Labute approximate surface area is 117 Å². The molecule has 5 heteroatoms. The van der Waals surface area contributed by atoms with Gasteiger partial charge in [0.1, 0.15) is 0 Å². The molecular formula is C14H14ClNO2S. The first kappa shape index (κ1) is 12.8. The smallest absolute Gasteiger partial charge is 0.244 e. The van der Waals surface area contributed by atoms with Crippen molar-refractivity contribution in [3.63, 3.8) is 0 Å². The molecule has 0 N–H and O–H groups in total. The van der Waals surface area contributed by atoms with Crippen LogP contribution in [0, 0.1) is 6.92 Å². The van der Waals surface area contributed by atoms with Crippen LogP contribution >= 0.6 is 11.6 Å². The van der Waals surface area contributed by atoms with Crippen molar-refractivity contribution in [2.75, 3.05) is 0 Å². The summed E-state index contributed by atoms with van der Waals surface area (Å²) in [5.41, 5.74) is 1.83. The Kier molecular flexibility index (Phi) is 2.95. The summed E-state index contributed by atoms with van der Waals surface area (Å²) < 4.78 is 26.6. The van der Waals surface area contributed by atoms with Crippen LogP contribution in [-0.4, -0.2) is 12.4 Å². The van der Waals surface area contributed by atoms with Crippen molar-refractivity contribution in [2.45, 2.75) is 30.6 Å². The Hall–Kier alpha value is -1.26. The second kappa shape index (κ2) is 4.39. The Bertz CT molecular complexity index is 712. The summed E-state index contributed by atoms with van der Waals surface area (Å²) in [4.78, 5) is 0.298. The normalized spacial score (nSPS) is 15.7. The van der Waals surface area contributed by atoms with E-state index in [1.807, 2.05) is 6.92 Å². The highest BCUT2D eigenvalue weighted by Crippen LogP contribution is 2.42. The highest BCUT2D eigenvalue weighted by atomic mass is 35.5. The van der Waals surface area contributed by atoms with Crippen LogP contribution in [0.3, 0.4) is 0 Å². The van der Waals surface area contributed by atoms with E-state index >= 15 is 0 Å². The highest BCUT2D eigenvalue weighted by molar-refractivity contribution is 7.90. The molecule has 0 unspecified atom stereocenters. The fourth-order valence-corrected chi connectivity index (χ4v) is 3.84. The standard InChI is InChI=1S/C14H14ClNO2S/c1-10-2-6-13(7-3-10)19(17,18)16-9-12(15)8-14(16)11-4-5-11/h2-3,6-9,11H,4-5H2,1H3. The fourth-order valence-electron chi connectivity index (χ4n) is 2.14. The molecule has 1 heterocycles. The molecule has 0 aliphatic heterocycles. The van der Waals surface area contributed by atoms with E-state index in [0.29, 0.717) is 15.8 Å². The summed E-state index contributed by atoms with van der Waals surface area (Å²) in [5.74, 6) is 0.327. The number of rotatable bonds is 3. The predicted octanol–water partition coefficient (Wildman–Crippen LogP) is 3.56. The van der Waals surface area contributed by atoms with Gasteiger partial charge in [-0.3, -0.25) is 0 Å². The first-order chi connectivity index (χ1) is 8.98. The first-order valence-corrected chi connectivity index (χ1v) is 8.00. The SMILES string of the molecule is Cc1ccc(S(=O)(=O)n2cc(Cl)cc2C2CC2)cc1. The van der Waals surface area contributed by atoms with Gasteiger partial charge in [-0.2, -0.15) is 0 Å². The van der Waals surface area contributed by atoms with Gasteiger partial charge < -0.3 is 0 Å². The van der Waals surface area contributed by atoms with Crippen molar-refractivity contribution in [2.24, 2.45) is 0 Å². The molecule has 2 aromatic rings. The fraction of sp³-hybridized carbons (Fsp3) is 0.286. The van der Waals surface area contributed by atoms with E-state index in [2.05, 4.69) is 0 Å². The molecular weight excluding hydrogens is 282 g/mol. The molecule has 0 atom stereocenters. The van der Waals surface area contributed by atoms with E-state index in [0.717, 1.165) is 24.1 Å².